The summed E-state index contributed by atoms with van der Waals surface area (Å²) in [5, 5.41) is 11.8. The van der Waals surface area contributed by atoms with Crippen LogP contribution in [0.2, 0.25) is 0 Å². The molecule has 0 radical (unpaired) electrons. The van der Waals surface area contributed by atoms with E-state index >= 15 is 0 Å². The lowest BCUT2D eigenvalue weighted by Crippen LogP contribution is -2.20. The number of aliphatic hydroxyl groups is 1. The molecule has 0 aliphatic rings. The van der Waals surface area contributed by atoms with E-state index in [0.29, 0.717) is 0 Å². The van der Waals surface area contributed by atoms with Gasteiger partial charge >= 0.3 is 0 Å². The number of hydrogen-bond donors (Lipinski definition) is 2. The molecule has 0 aliphatic carbocycles. The van der Waals surface area contributed by atoms with Crippen molar-refractivity contribution in [1.29, 1.82) is 0 Å². The molecule has 1 aromatic rings. The highest BCUT2D eigenvalue weighted by Gasteiger charge is 2.09. The maximum Gasteiger partial charge on any atom is 0.142 e. The number of hydrogen-bond acceptors (Lipinski definition) is 2. The molecule has 0 aromatic heterocycles. The van der Waals surface area contributed by atoms with E-state index < -0.39 is 17.7 Å². The van der Waals surface area contributed by atoms with E-state index in [1.807, 2.05) is 0 Å². The Bertz CT molecular complexity index is 328. The highest BCUT2D eigenvalue weighted by molar-refractivity contribution is 9.10. The van der Waals surface area contributed by atoms with E-state index in [1.54, 1.807) is 0 Å². The number of halogens is 4. The second-order valence-electron chi connectivity index (χ2n) is 2.94. The second kappa shape index (κ2) is 5.63. The molecule has 0 aliphatic heterocycles. The number of nitrogens with one attached hydrogen (secondary N) is 1. The van der Waals surface area contributed by atoms with Gasteiger partial charge in [0.25, 0.3) is 0 Å². The minimum atomic E-state index is -0.749. The average Bonchev–Trinajstić information content (AvgIpc) is 2.22. The van der Waals surface area contributed by atoms with Crippen LogP contribution in [0.1, 0.15) is 0 Å². The van der Waals surface area contributed by atoms with E-state index in [2.05, 4.69) is 21.2 Å². The summed E-state index contributed by atoms with van der Waals surface area (Å²) in [6.07, 6.45) is -0.749. The van der Waals surface area contributed by atoms with Crippen molar-refractivity contribution >= 4 is 33.2 Å². The molecule has 1 rings (SSSR count). The van der Waals surface area contributed by atoms with Crippen LogP contribution < -0.4 is 5.32 Å². The Balaban J connectivity index is 2.70. The van der Waals surface area contributed by atoms with Crippen molar-refractivity contribution in [2.45, 2.75) is 6.10 Å². The second-order valence-corrected chi connectivity index (χ2v) is 4.04. The molecule has 0 spiro atoms. The van der Waals surface area contributed by atoms with Crippen LogP contribution in [0.4, 0.5) is 14.5 Å². The summed E-state index contributed by atoms with van der Waals surface area (Å²) in [5.74, 6) is -1.33. The number of anilines is 1. The number of aliphatic hydroxyl groups excluding tert-OH is 1. The fraction of sp³-hybridized carbons (Fsp3) is 0.333. The molecule has 0 saturated carbocycles. The molecule has 0 bridgehead atoms. The molecule has 0 fully saturated rings. The molecule has 6 heteroatoms. The van der Waals surface area contributed by atoms with Gasteiger partial charge in [-0.05, 0) is 28.1 Å². The molecular weight excluding hydrogens is 291 g/mol. The highest BCUT2D eigenvalue weighted by atomic mass is 79.9. The van der Waals surface area contributed by atoms with Crippen LogP contribution in [-0.4, -0.2) is 23.6 Å². The molecule has 0 saturated heterocycles. The fourth-order valence-electron chi connectivity index (χ4n) is 0.948. The monoisotopic (exact) mass is 299 g/mol. The predicted molar refractivity (Wildman–Crippen MR) is 59.3 cm³/mol. The first-order valence-corrected chi connectivity index (χ1v) is 5.49. The van der Waals surface area contributed by atoms with Gasteiger partial charge in [0.2, 0.25) is 0 Å². The third-order valence-electron chi connectivity index (χ3n) is 1.70. The van der Waals surface area contributed by atoms with Gasteiger partial charge in [0, 0.05) is 12.2 Å². The van der Waals surface area contributed by atoms with Crippen LogP contribution in [0.3, 0.4) is 0 Å². The Morgan fingerprint density at radius 2 is 1.93 bits per heavy atom. The minimum Gasteiger partial charge on any atom is -0.390 e. The van der Waals surface area contributed by atoms with Gasteiger partial charge in [-0.3, -0.25) is 0 Å². The van der Waals surface area contributed by atoms with Crippen LogP contribution in [0.25, 0.3) is 0 Å². The molecule has 1 atom stereocenters. The molecule has 1 unspecified atom stereocenters. The molecule has 0 amide bonds. The van der Waals surface area contributed by atoms with Crippen molar-refractivity contribution in [3.05, 3.63) is 28.2 Å². The lowest BCUT2D eigenvalue weighted by molar-refractivity contribution is 0.211. The van der Waals surface area contributed by atoms with E-state index in [1.165, 1.54) is 0 Å². The Kier molecular flexibility index (Phi) is 4.76. The Hall–Kier alpha value is -0.390. The Labute approximate surface area is 99.4 Å². The lowest BCUT2D eigenvalue weighted by atomic mass is 10.3. The molecule has 15 heavy (non-hydrogen) atoms. The van der Waals surface area contributed by atoms with Crippen molar-refractivity contribution in [3.63, 3.8) is 0 Å². The smallest absolute Gasteiger partial charge is 0.142 e. The third-order valence-corrected chi connectivity index (χ3v) is 2.82. The van der Waals surface area contributed by atoms with Crippen molar-refractivity contribution in [1.82, 2.24) is 0 Å². The molecule has 0 heterocycles. The van der Waals surface area contributed by atoms with Crippen LogP contribution in [0.15, 0.2) is 16.6 Å². The fourth-order valence-corrected chi connectivity index (χ4v) is 1.29. The first-order valence-electron chi connectivity index (χ1n) is 4.17. The predicted octanol–water partition coefficient (Wildman–Crippen LogP) is 2.74. The van der Waals surface area contributed by atoms with Crippen LogP contribution in [0.5, 0.6) is 0 Å². The number of rotatable bonds is 4. The summed E-state index contributed by atoms with van der Waals surface area (Å²) in [4.78, 5) is 0. The van der Waals surface area contributed by atoms with Crippen LogP contribution in [-0.2, 0) is 0 Å². The van der Waals surface area contributed by atoms with Gasteiger partial charge in [0.15, 0.2) is 0 Å². The largest absolute Gasteiger partial charge is 0.390 e. The average molecular weight is 301 g/mol. The lowest BCUT2D eigenvalue weighted by Gasteiger charge is -2.10. The van der Waals surface area contributed by atoms with Gasteiger partial charge in [-0.25, -0.2) is 8.78 Å². The van der Waals surface area contributed by atoms with Crippen molar-refractivity contribution < 1.29 is 13.9 Å². The van der Waals surface area contributed by atoms with Gasteiger partial charge in [0.05, 0.1) is 16.5 Å². The van der Waals surface area contributed by atoms with E-state index in [9.17, 15) is 8.78 Å². The topological polar surface area (TPSA) is 32.3 Å². The van der Waals surface area contributed by atoms with Gasteiger partial charge < -0.3 is 10.4 Å². The van der Waals surface area contributed by atoms with E-state index in [-0.39, 0.29) is 22.6 Å². The van der Waals surface area contributed by atoms with Crippen molar-refractivity contribution in [2.75, 3.05) is 17.7 Å². The zero-order valence-corrected chi connectivity index (χ0v) is 9.95. The zero-order valence-electron chi connectivity index (χ0n) is 7.61. The van der Waals surface area contributed by atoms with Crippen molar-refractivity contribution in [3.8, 4) is 0 Å². The molecule has 1 aromatic carbocycles. The van der Waals surface area contributed by atoms with Gasteiger partial charge in [-0.1, -0.05) is 0 Å². The Morgan fingerprint density at radius 1 is 1.40 bits per heavy atom. The van der Waals surface area contributed by atoms with Crippen molar-refractivity contribution in [2.24, 2.45) is 0 Å². The van der Waals surface area contributed by atoms with E-state index in [0.717, 1.165) is 12.1 Å². The molecular formula is C9H9BrClF2NO. The first-order chi connectivity index (χ1) is 7.04. The summed E-state index contributed by atoms with van der Waals surface area (Å²) >= 11 is 8.12. The maximum atomic E-state index is 13.0. The SMILES string of the molecule is OC(CCl)CNc1cc(F)c(Br)c(F)c1. The summed E-state index contributed by atoms with van der Waals surface area (Å²) in [6.45, 7) is 0.143. The van der Waals surface area contributed by atoms with E-state index in [4.69, 9.17) is 16.7 Å². The summed E-state index contributed by atoms with van der Waals surface area (Å²) in [7, 11) is 0. The van der Waals surface area contributed by atoms with Gasteiger partial charge in [-0.2, -0.15) is 0 Å². The number of alkyl halides is 1. The summed E-state index contributed by atoms with van der Waals surface area (Å²) in [6, 6.07) is 2.27. The van der Waals surface area contributed by atoms with Crippen LogP contribution >= 0.6 is 27.5 Å². The standard InChI is InChI=1S/C9H9BrClF2NO/c10-9-7(12)1-5(2-8(9)13)14-4-6(15)3-11/h1-2,6,14-15H,3-4H2. The molecule has 84 valence electrons. The van der Waals surface area contributed by atoms with Gasteiger partial charge in [-0.15, -0.1) is 11.6 Å². The molecule has 2 nitrogen and oxygen atoms in total. The quantitative estimate of drug-likeness (QED) is 0.662. The molecule has 2 N–H and O–H groups in total. The number of benzene rings is 1. The first kappa shape index (κ1) is 12.7. The zero-order chi connectivity index (χ0) is 11.4. The highest BCUT2D eigenvalue weighted by Crippen LogP contribution is 2.23. The summed E-state index contributed by atoms with van der Waals surface area (Å²) in [5.41, 5.74) is 0.261. The maximum absolute atomic E-state index is 13.0. The normalized spacial score (nSPS) is 12.6. The van der Waals surface area contributed by atoms with Gasteiger partial charge in [0.1, 0.15) is 11.6 Å². The van der Waals surface area contributed by atoms with Crippen LogP contribution in [0, 0.1) is 11.6 Å². The Morgan fingerprint density at radius 3 is 2.40 bits per heavy atom. The minimum absolute atomic E-state index is 0.0640. The third kappa shape index (κ3) is 3.59. The summed E-state index contributed by atoms with van der Waals surface area (Å²) < 4.78 is 25.9.